The van der Waals surface area contributed by atoms with Crippen LogP contribution in [0.15, 0.2) is 12.7 Å². The molecule has 0 fully saturated rings. The van der Waals surface area contributed by atoms with E-state index in [0.717, 1.165) is 17.3 Å². The number of hydrogen-bond donors (Lipinski definition) is 1. The molecule has 254 valence electrons. The zero-order valence-corrected chi connectivity index (χ0v) is 31.3. The first-order valence-corrected chi connectivity index (χ1v) is 23.2. The van der Waals surface area contributed by atoms with E-state index in [9.17, 15) is 4.57 Å². The highest BCUT2D eigenvalue weighted by atomic mass is 33.1. The largest absolute Gasteiger partial charge is 0.382 e. The van der Waals surface area contributed by atoms with Crippen LogP contribution in [-0.2, 0) is 24.9 Å². The monoisotopic (exact) mass is 709 g/mol. The van der Waals surface area contributed by atoms with Gasteiger partial charge in [-0.2, -0.15) is 0 Å². The van der Waals surface area contributed by atoms with E-state index in [1.807, 2.05) is 28.5 Å². The molecule has 2 heterocycles. The van der Waals surface area contributed by atoms with Crippen LogP contribution in [0.3, 0.4) is 0 Å². The van der Waals surface area contributed by atoms with Crippen molar-refractivity contribution in [1.82, 2.24) is 19.5 Å². The number of anilines is 1. The number of aromatic nitrogens is 4. The molecule has 2 aromatic rings. The van der Waals surface area contributed by atoms with Crippen LogP contribution in [0, 0.1) is 0 Å². The number of rotatable bonds is 30. The Labute approximate surface area is 282 Å². The van der Waals surface area contributed by atoms with Gasteiger partial charge in [-0.25, -0.2) is 15.0 Å². The van der Waals surface area contributed by atoms with Gasteiger partial charge in [-0.05, 0) is 19.6 Å². The van der Waals surface area contributed by atoms with Crippen molar-refractivity contribution in [3.63, 3.8) is 0 Å². The Kier molecular flexibility index (Phi) is 23.6. The zero-order chi connectivity index (χ0) is 31.7. The van der Waals surface area contributed by atoms with E-state index >= 15 is 0 Å². The molecule has 2 rings (SSSR count). The Morgan fingerprint density at radius 2 is 1.39 bits per heavy atom. The molecule has 0 aliphatic rings. The van der Waals surface area contributed by atoms with Crippen LogP contribution in [0.5, 0.6) is 0 Å². The van der Waals surface area contributed by atoms with Gasteiger partial charge in [0.05, 0.1) is 32.2 Å². The SMILES string of the molecule is CCCCCCCCCCCCCCCCSSCCOP(=O)(CO[C@H](C)Cn1cnc2c(N)ncnc21)OCCSSC. The molecule has 9 nitrogen and oxygen atoms in total. The number of hydrogen-bond acceptors (Lipinski definition) is 12. The quantitative estimate of drug-likeness (QED) is 0.0473. The number of ether oxygens (including phenoxy) is 1. The Bertz CT molecular complexity index is 1040. The van der Waals surface area contributed by atoms with Crippen LogP contribution in [0.25, 0.3) is 11.2 Å². The summed E-state index contributed by atoms with van der Waals surface area (Å²) in [5.41, 5.74) is 7.09. The topological polar surface area (TPSA) is 114 Å². The van der Waals surface area contributed by atoms with Crippen molar-refractivity contribution < 1.29 is 18.3 Å². The molecule has 2 N–H and O–H groups in total. The van der Waals surface area contributed by atoms with Crippen LogP contribution in [-0.4, -0.2) is 68.7 Å². The van der Waals surface area contributed by atoms with E-state index in [2.05, 4.69) is 21.9 Å². The molecule has 0 spiro atoms. The van der Waals surface area contributed by atoms with E-state index in [-0.39, 0.29) is 12.5 Å². The van der Waals surface area contributed by atoms with Crippen molar-refractivity contribution in [1.29, 1.82) is 0 Å². The van der Waals surface area contributed by atoms with Gasteiger partial charge in [0.2, 0.25) is 0 Å². The maximum absolute atomic E-state index is 13.5. The molecule has 0 saturated carbocycles. The molecular weight excluding hydrogens is 654 g/mol. The fraction of sp³-hybridized carbons (Fsp3) is 0.833. The van der Waals surface area contributed by atoms with Crippen LogP contribution >= 0.6 is 50.8 Å². The number of nitrogen functional groups attached to an aromatic ring is 1. The summed E-state index contributed by atoms with van der Waals surface area (Å²) in [5, 5.41) is 0. The van der Waals surface area contributed by atoms with Crippen LogP contribution in [0.1, 0.15) is 104 Å². The van der Waals surface area contributed by atoms with Gasteiger partial charge in [0.25, 0.3) is 0 Å². The molecule has 0 amide bonds. The summed E-state index contributed by atoms with van der Waals surface area (Å²) in [6, 6.07) is 0. The van der Waals surface area contributed by atoms with Gasteiger partial charge in [-0.1, -0.05) is 134 Å². The maximum Gasteiger partial charge on any atom is 0.356 e. The number of nitrogens with zero attached hydrogens (tertiary/aromatic N) is 4. The number of imidazole rings is 1. The molecule has 14 heteroatoms. The van der Waals surface area contributed by atoms with Crippen molar-refractivity contribution in [3.8, 4) is 0 Å². The van der Waals surface area contributed by atoms with Crippen molar-refractivity contribution in [2.75, 3.05) is 48.8 Å². The van der Waals surface area contributed by atoms with E-state index < -0.39 is 7.60 Å². The molecule has 0 bridgehead atoms. The molecule has 44 heavy (non-hydrogen) atoms. The summed E-state index contributed by atoms with van der Waals surface area (Å²) >= 11 is 0. The van der Waals surface area contributed by atoms with Crippen molar-refractivity contribution >= 4 is 67.8 Å². The van der Waals surface area contributed by atoms with Gasteiger partial charge in [0.15, 0.2) is 11.5 Å². The van der Waals surface area contributed by atoms with E-state index in [1.165, 1.54) is 96.2 Å². The highest BCUT2D eigenvalue weighted by molar-refractivity contribution is 8.76. The van der Waals surface area contributed by atoms with Gasteiger partial charge in [-0.3, -0.25) is 4.57 Å². The minimum absolute atomic E-state index is 0.0985. The number of unbranched alkanes of at least 4 members (excludes halogenated alkanes) is 13. The lowest BCUT2D eigenvalue weighted by atomic mass is 10.0. The van der Waals surface area contributed by atoms with Crippen LogP contribution in [0.4, 0.5) is 5.82 Å². The second-order valence-corrected chi connectivity index (χ2v) is 18.3. The third kappa shape index (κ3) is 18.3. The summed E-state index contributed by atoms with van der Waals surface area (Å²) in [4.78, 5) is 12.6. The minimum Gasteiger partial charge on any atom is -0.382 e. The summed E-state index contributed by atoms with van der Waals surface area (Å²) in [6.45, 7) is 5.38. The van der Waals surface area contributed by atoms with Gasteiger partial charge < -0.3 is 24.1 Å². The number of fused-ring (bicyclic) bond motifs is 1. The predicted octanol–water partition coefficient (Wildman–Crippen LogP) is 9.87. The Morgan fingerprint density at radius 3 is 2.00 bits per heavy atom. The minimum atomic E-state index is -3.39. The first kappa shape index (κ1) is 40.0. The molecule has 2 atom stereocenters. The molecule has 2 aromatic heterocycles. The third-order valence-electron chi connectivity index (χ3n) is 7.09. The lowest BCUT2D eigenvalue weighted by Gasteiger charge is -2.21. The second kappa shape index (κ2) is 25.9. The Hall–Kier alpha value is -0.140. The summed E-state index contributed by atoms with van der Waals surface area (Å²) in [6.07, 6.45) is 24.1. The summed E-state index contributed by atoms with van der Waals surface area (Å²) < 4.78 is 32.8. The van der Waals surface area contributed by atoms with Gasteiger partial charge in [0, 0.05) is 17.3 Å². The van der Waals surface area contributed by atoms with Crippen molar-refractivity contribution in [3.05, 3.63) is 12.7 Å². The standard InChI is InChI=1S/C30H56N5O4PS4/c1-4-5-6-7-8-9-10-11-12-13-14-15-16-17-20-43-44-22-19-39-40(36,38-18-21-42-41-3)26-37-27(2)23-35-25-34-28-29(31)32-24-33-30(28)35/h24-25,27H,4-23,26H2,1-3H3,(H2,31,32,33)/t27-,40?/m1/s1. The first-order valence-electron chi connectivity index (χ1n) is 16.3. The van der Waals surface area contributed by atoms with E-state index in [0.29, 0.717) is 36.7 Å². The molecule has 1 unspecified atom stereocenters. The molecule has 0 aromatic carbocycles. The summed E-state index contributed by atoms with van der Waals surface area (Å²) in [5.74, 6) is 2.97. The van der Waals surface area contributed by atoms with E-state index in [1.54, 1.807) is 38.7 Å². The molecule has 0 radical (unpaired) electrons. The average Bonchev–Trinajstić information content (AvgIpc) is 3.43. The molecule has 0 aliphatic carbocycles. The van der Waals surface area contributed by atoms with Gasteiger partial charge in [0.1, 0.15) is 18.2 Å². The molecular formula is C30H56N5O4PS4. The Balaban J connectivity index is 1.54. The highest BCUT2D eigenvalue weighted by Gasteiger charge is 2.26. The maximum atomic E-state index is 13.5. The normalized spacial score (nSPS) is 13.9. The third-order valence-corrected chi connectivity index (χ3v) is 12.9. The van der Waals surface area contributed by atoms with Crippen molar-refractivity contribution in [2.24, 2.45) is 0 Å². The van der Waals surface area contributed by atoms with Gasteiger partial charge >= 0.3 is 7.60 Å². The predicted molar refractivity (Wildman–Crippen MR) is 196 cm³/mol. The number of nitrogens with two attached hydrogens (primary N) is 1. The van der Waals surface area contributed by atoms with Crippen molar-refractivity contribution in [2.45, 2.75) is 116 Å². The van der Waals surface area contributed by atoms with Crippen LogP contribution in [0.2, 0.25) is 0 Å². The fourth-order valence-corrected chi connectivity index (χ4v) is 9.31. The lowest BCUT2D eigenvalue weighted by Crippen LogP contribution is -2.18. The first-order chi connectivity index (χ1) is 21.5. The van der Waals surface area contributed by atoms with E-state index in [4.69, 9.17) is 19.5 Å². The summed E-state index contributed by atoms with van der Waals surface area (Å²) in [7, 11) is 3.58. The highest BCUT2D eigenvalue weighted by Crippen LogP contribution is 2.49. The molecule has 0 saturated heterocycles. The fourth-order valence-electron chi connectivity index (χ4n) is 4.67. The molecule has 0 aliphatic heterocycles. The zero-order valence-electron chi connectivity index (χ0n) is 27.2. The smallest absolute Gasteiger partial charge is 0.356 e. The Morgan fingerprint density at radius 1 is 0.818 bits per heavy atom. The van der Waals surface area contributed by atoms with Crippen LogP contribution < -0.4 is 5.73 Å². The average molecular weight is 710 g/mol. The van der Waals surface area contributed by atoms with Gasteiger partial charge in [-0.15, -0.1) is 0 Å². The second-order valence-electron chi connectivity index (χ2n) is 10.9. The lowest BCUT2D eigenvalue weighted by molar-refractivity contribution is 0.0675.